The Kier molecular flexibility index (Phi) is 4.83. The Labute approximate surface area is 121 Å². The second kappa shape index (κ2) is 6.24. The fourth-order valence-corrected chi connectivity index (χ4v) is 3.75. The van der Waals surface area contributed by atoms with E-state index in [4.69, 9.17) is 0 Å². The van der Waals surface area contributed by atoms with Crippen LogP contribution >= 0.6 is 0 Å². The topological polar surface area (TPSA) is 66.4 Å². The van der Waals surface area contributed by atoms with E-state index in [2.05, 4.69) is 4.72 Å². The molecule has 1 aromatic rings. The number of aliphatic hydroxyl groups excluding tert-OH is 1. The number of aliphatic hydroxyl groups is 1. The smallest absolute Gasteiger partial charge is 0.240 e. The van der Waals surface area contributed by atoms with Gasteiger partial charge < -0.3 is 5.11 Å². The number of hydrogen-bond acceptors (Lipinski definition) is 3. The SMILES string of the molecule is CC(C)c1cccc(S(=O)(=O)NCC2CCCC2O)c1. The fourth-order valence-electron chi connectivity index (χ4n) is 2.60. The van der Waals surface area contributed by atoms with Crippen molar-refractivity contribution in [3.63, 3.8) is 0 Å². The summed E-state index contributed by atoms with van der Waals surface area (Å²) < 4.78 is 27.2. The Bertz CT molecular complexity index is 554. The molecule has 1 aliphatic rings. The van der Waals surface area contributed by atoms with E-state index in [-0.39, 0.29) is 12.0 Å². The van der Waals surface area contributed by atoms with E-state index in [0.717, 1.165) is 24.8 Å². The molecule has 20 heavy (non-hydrogen) atoms. The van der Waals surface area contributed by atoms with E-state index in [1.165, 1.54) is 0 Å². The van der Waals surface area contributed by atoms with E-state index < -0.39 is 10.0 Å². The highest BCUT2D eigenvalue weighted by Gasteiger charge is 2.26. The normalized spacial score (nSPS) is 23.4. The van der Waals surface area contributed by atoms with Crippen LogP contribution in [0.25, 0.3) is 0 Å². The molecule has 0 aromatic heterocycles. The Morgan fingerprint density at radius 2 is 2.10 bits per heavy atom. The van der Waals surface area contributed by atoms with Crippen molar-refractivity contribution in [2.45, 2.75) is 50.0 Å². The zero-order chi connectivity index (χ0) is 14.8. The summed E-state index contributed by atoms with van der Waals surface area (Å²) in [5.74, 6) is 0.333. The molecule has 0 radical (unpaired) electrons. The largest absolute Gasteiger partial charge is 0.393 e. The lowest BCUT2D eigenvalue weighted by atomic mass is 10.0. The summed E-state index contributed by atoms with van der Waals surface area (Å²) in [4.78, 5) is 0.302. The van der Waals surface area contributed by atoms with Crippen LogP contribution in [0.3, 0.4) is 0 Å². The lowest BCUT2D eigenvalue weighted by molar-refractivity contribution is 0.134. The van der Waals surface area contributed by atoms with Gasteiger partial charge in [-0.1, -0.05) is 32.4 Å². The summed E-state index contributed by atoms with van der Waals surface area (Å²) in [5, 5.41) is 9.74. The van der Waals surface area contributed by atoms with Crippen molar-refractivity contribution >= 4 is 10.0 Å². The molecule has 0 bridgehead atoms. The standard InChI is InChI=1S/C15H23NO3S/c1-11(2)12-5-3-7-14(9-12)20(18,19)16-10-13-6-4-8-15(13)17/h3,5,7,9,11,13,15-17H,4,6,8,10H2,1-2H3. The molecule has 1 saturated carbocycles. The molecule has 112 valence electrons. The molecule has 0 amide bonds. The summed E-state index contributed by atoms with van der Waals surface area (Å²) in [5.41, 5.74) is 1.01. The zero-order valence-electron chi connectivity index (χ0n) is 12.0. The quantitative estimate of drug-likeness (QED) is 0.876. The van der Waals surface area contributed by atoms with Crippen LogP contribution < -0.4 is 4.72 Å². The predicted octanol–water partition coefficient (Wildman–Crippen LogP) is 2.25. The van der Waals surface area contributed by atoms with Gasteiger partial charge in [0.05, 0.1) is 11.0 Å². The van der Waals surface area contributed by atoms with Gasteiger partial charge in [0.1, 0.15) is 0 Å². The lowest BCUT2D eigenvalue weighted by Gasteiger charge is -2.16. The van der Waals surface area contributed by atoms with Gasteiger partial charge in [-0.05, 0) is 42.4 Å². The number of rotatable bonds is 5. The van der Waals surface area contributed by atoms with Crippen LogP contribution in [0.5, 0.6) is 0 Å². The van der Waals surface area contributed by atoms with Crippen LogP contribution in [-0.4, -0.2) is 26.2 Å². The fraction of sp³-hybridized carbons (Fsp3) is 0.600. The molecule has 1 aliphatic carbocycles. The van der Waals surface area contributed by atoms with Crippen LogP contribution in [0, 0.1) is 5.92 Å². The predicted molar refractivity (Wildman–Crippen MR) is 79.1 cm³/mol. The molecule has 4 nitrogen and oxygen atoms in total. The molecule has 0 aliphatic heterocycles. The lowest BCUT2D eigenvalue weighted by Crippen LogP contribution is -2.32. The van der Waals surface area contributed by atoms with Gasteiger partial charge in [0.15, 0.2) is 0 Å². The van der Waals surface area contributed by atoms with Gasteiger partial charge in [0.25, 0.3) is 0 Å². The van der Waals surface area contributed by atoms with E-state index in [9.17, 15) is 13.5 Å². The number of sulfonamides is 1. The number of nitrogens with one attached hydrogen (secondary N) is 1. The minimum Gasteiger partial charge on any atom is -0.393 e. The third-order valence-electron chi connectivity index (χ3n) is 3.99. The Morgan fingerprint density at radius 1 is 1.35 bits per heavy atom. The van der Waals surface area contributed by atoms with Crippen LogP contribution in [-0.2, 0) is 10.0 Å². The molecule has 2 unspecified atom stereocenters. The van der Waals surface area contributed by atoms with Crippen molar-refractivity contribution in [2.24, 2.45) is 5.92 Å². The summed E-state index contributed by atoms with van der Waals surface area (Å²) >= 11 is 0. The first-order valence-corrected chi connectivity index (χ1v) is 8.66. The minimum atomic E-state index is -3.49. The van der Waals surface area contributed by atoms with Gasteiger partial charge in [-0.3, -0.25) is 0 Å². The number of benzene rings is 1. The molecule has 1 aromatic carbocycles. The van der Waals surface area contributed by atoms with Gasteiger partial charge in [-0.2, -0.15) is 0 Å². The molecular weight excluding hydrogens is 274 g/mol. The van der Waals surface area contributed by atoms with E-state index in [1.54, 1.807) is 18.2 Å². The maximum Gasteiger partial charge on any atom is 0.240 e. The van der Waals surface area contributed by atoms with Gasteiger partial charge in [-0.15, -0.1) is 0 Å². The Hall–Kier alpha value is -0.910. The van der Waals surface area contributed by atoms with Crippen molar-refractivity contribution in [3.05, 3.63) is 29.8 Å². The van der Waals surface area contributed by atoms with Crippen molar-refractivity contribution in [1.82, 2.24) is 4.72 Å². The molecule has 2 N–H and O–H groups in total. The molecule has 2 atom stereocenters. The first kappa shape index (κ1) is 15.5. The summed E-state index contributed by atoms with van der Waals surface area (Å²) in [6, 6.07) is 7.04. The summed E-state index contributed by atoms with van der Waals surface area (Å²) in [6.45, 7) is 4.39. The molecule has 5 heteroatoms. The summed E-state index contributed by atoms with van der Waals surface area (Å²) in [6.07, 6.45) is 2.25. The molecule has 1 fully saturated rings. The second-order valence-electron chi connectivity index (χ2n) is 5.84. The van der Waals surface area contributed by atoms with Crippen molar-refractivity contribution in [2.75, 3.05) is 6.54 Å². The first-order valence-electron chi connectivity index (χ1n) is 7.18. The van der Waals surface area contributed by atoms with E-state index >= 15 is 0 Å². The van der Waals surface area contributed by atoms with Crippen LogP contribution in [0.1, 0.15) is 44.6 Å². The van der Waals surface area contributed by atoms with Crippen LogP contribution in [0.2, 0.25) is 0 Å². The van der Waals surface area contributed by atoms with Crippen LogP contribution in [0.15, 0.2) is 29.2 Å². The maximum atomic E-state index is 12.3. The zero-order valence-corrected chi connectivity index (χ0v) is 12.9. The van der Waals surface area contributed by atoms with Gasteiger partial charge in [-0.25, -0.2) is 13.1 Å². The average molecular weight is 297 g/mol. The van der Waals surface area contributed by atoms with E-state index in [0.29, 0.717) is 17.4 Å². The van der Waals surface area contributed by atoms with Crippen LogP contribution in [0.4, 0.5) is 0 Å². The van der Waals surface area contributed by atoms with E-state index in [1.807, 2.05) is 19.9 Å². The second-order valence-corrected chi connectivity index (χ2v) is 7.60. The van der Waals surface area contributed by atoms with Gasteiger partial charge in [0.2, 0.25) is 10.0 Å². The monoisotopic (exact) mass is 297 g/mol. The minimum absolute atomic E-state index is 0.0399. The average Bonchev–Trinajstić information content (AvgIpc) is 2.82. The molecule has 0 spiro atoms. The first-order chi connectivity index (χ1) is 9.40. The Balaban J connectivity index is 2.08. The van der Waals surface area contributed by atoms with Crippen molar-refractivity contribution in [1.29, 1.82) is 0 Å². The molecule has 0 saturated heterocycles. The highest BCUT2D eigenvalue weighted by Crippen LogP contribution is 2.25. The molecular formula is C15H23NO3S. The van der Waals surface area contributed by atoms with Crippen molar-refractivity contribution < 1.29 is 13.5 Å². The highest BCUT2D eigenvalue weighted by molar-refractivity contribution is 7.89. The molecule has 0 heterocycles. The third-order valence-corrected chi connectivity index (χ3v) is 5.41. The Morgan fingerprint density at radius 3 is 2.70 bits per heavy atom. The van der Waals surface area contributed by atoms with Gasteiger partial charge in [0, 0.05) is 6.54 Å². The number of hydrogen-bond donors (Lipinski definition) is 2. The summed E-state index contributed by atoms with van der Waals surface area (Å²) in [7, 11) is -3.49. The van der Waals surface area contributed by atoms with Crippen molar-refractivity contribution in [3.8, 4) is 0 Å². The maximum absolute atomic E-state index is 12.3. The highest BCUT2D eigenvalue weighted by atomic mass is 32.2. The molecule has 2 rings (SSSR count). The third kappa shape index (κ3) is 3.59. The van der Waals surface area contributed by atoms with Gasteiger partial charge >= 0.3 is 0 Å².